The Balaban J connectivity index is 1.67. The van der Waals surface area contributed by atoms with Crippen molar-refractivity contribution in [1.82, 2.24) is 10.2 Å². The van der Waals surface area contributed by atoms with Gasteiger partial charge in [0.25, 0.3) is 0 Å². The monoisotopic (exact) mass is 388 g/mol. The first kappa shape index (κ1) is 19.1. The largest absolute Gasteiger partial charge is 0.486 e. The van der Waals surface area contributed by atoms with Crippen LogP contribution in [0.3, 0.4) is 0 Å². The van der Waals surface area contributed by atoms with Crippen molar-refractivity contribution in [1.29, 1.82) is 0 Å². The number of rotatable bonds is 3. The number of carbonyl (C=O) groups excluding carboxylic acids is 1. The number of ether oxygens (including phenoxy) is 2. The van der Waals surface area contributed by atoms with E-state index in [4.69, 9.17) is 14.6 Å². The fourth-order valence-electron chi connectivity index (χ4n) is 3.24. The highest BCUT2D eigenvalue weighted by Gasteiger charge is 2.53. The van der Waals surface area contributed by atoms with Gasteiger partial charge in [0.05, 0.1) is 17.9 Å². The van der Waals surface area contributed by atoms with Gasteiger partial charge < -0.3 is 24.8 Å². The molecule has 1 fully saturated rings. The Bertz CT molecular complexity index is 740. The minimum atomic E-state index is -4.68. The lowest BCUT2D eigenvalue weighted by molar-refractivity contribution is -0.187. The molecule has 0 radical (unpaired) electrons. The van der Waals surface area contributed by atoms with Crippen LogP contribution >= 0.6 is 0 Å². The maximum Gasteiger partial charge on any atom is 0.394 e. The number of amides is 2. The number of hydrogen-bond donors (Lipinski definition) is 2. The Hall–Kier alpha value is -2.65. The highest BCUT2D eigenvalue weighted by Crippen LogP contribution is 2.38. The Morgan fingerprint density at radius 2 is 1.89 bits per heavy atom. The number of urea groups is 1. The summed E-state index contributed by atoms with van der Waals surface area (Å²) in [6, 6.07) is 3.86. The predicted octanol–water partition coefficient (Wildman–Crippen LogP) is 2.42. The van der Waals surface area contributed by atoms with Gasteiger partial charge in [-0.25, -0.2) is 4.79 Å². The van der Waals surface area contributed by atoms with Gasteiger partial charge in [-0.1, -0.05) is 6.07 Å². The molecular weight excluding hydrogens is 369 g/mol. The van der Waals surface area contributed by atoms with Gasteiger partial charge in [0.2, 0.25) is 0 Å². The van der Waals surface area contributed by atoms with Crippen LogP contribution in [0, 0.1) is 11.8 Å². The van der Waals surface area contributed by atoms with E-state index in [1.165, 1.54) is 0 Å². The van der Waals surface area contributed by atoms with E-state index in [1.807, 2.05) is 0 Å². The van der Waals surface area contributed by atoms with Gasteiger partial charge in [-0.3, -0.25) is 4.79 Å². The molecule has 0 bridgehead atoms. The molecule has 0 saturated carbocycles. The third-order valence-corrected chi connectivity index (χ3v) is 4.75. The third kappa shape index (κ3) is 4.04. The van der Waals surface area contributed by atoms with E-state index < -0.39 is 49.1 Å². The van der Waals surface area contributed by atoms with E-state index in [9.17, 15) is 22.8 Å². The lowest BCUT2D eigenvalue weighted by atomic mass is 9.96. The molecule has 2 aliphatic rings. The number of fused-ring (bicyclic) bond motifs is 1. The number of hydrogen-bond acceptors (Lipinski definition) is 4. The number of nitrogens with one attached hydrogen (secondary N) is 1. The lowest BCUT2D eigenvalue weighted by Crippen LogP contribution is -2.40. The van der Waals surface area contributed by atoms with Gasteiger partial charge in [-0.15, -0.1) is 0 Å². The average Bonchev–Trinajstić information content (AvgIpc) is 3.07. The van der Waals surface area contributed by atoms with Gasteiger partial charge in [0.15, 0.2) is 11.5 Å². The van der Waals surface area contributed by atoms with Gasteiger partial charge in [-0.2, -0.15) is 13.2 Å². The van der Waals surface area contributed by atoms with E-state index in [1.54, 1.807) is 25.1 Å². The third-order valence-electron chi connectivity index (χ3n) is 4.75. The molecule has 2 amide bonds. The fourth-order valence-corrected chi connectivity index (χ4v) is 3.24. The van der Waals surface area contributed by atoms with E-state index in [-0.39, 0.29) is 0 Å². The van der Waals surface area contributed by atoms with Crippen LogP contribution in [0.4, 0.5) is 18.0 Å². The van der Waals surface area contributed by atoms with Crippen molar-refractivity contribution in [2.24, 2.45) is 11.8 Å². The molecule has 7 nitrogen and oxygen atoms in total. The van der Waals surface area contributed by atoms with Gasteiger partial charge in [0.1, 0.15) is 13.2 Å². The normalized spacial score (nSPS) is 23.0. The smallest absolute Gasteiger partial charge is 0.394 e. The Morgan fingerprint density at radius 1 is 1.22 bits per heavy atom. The SMILES string of the molecule is CC(NC(=O)N1C[C@@H](C(F)(F)F)[C@H](C(=O)O)C1)c1ccc2c(c1)OCCO2. The van der Waals surface area contributed by atoms with E-state index in [0.717, 1.165) is 4.90 Å². The Morgan fingerprint density at radius 3 is 2.48 bits per heavy atom. The van der Waals surface area contributed by atoms with Crippen molar-refractivity contribution in [2.75, 3.05) is 26.3 Å². The molecule has 1 unspecified atom stereocenters. The zero-order valence-electron chi connectivity index (χ0n) is 14.5. The van der Waals surface area contributed by atoms with Crippen molar-refractivity contribution in [3.05, 3.63) is 23.8 Å². The molecule has 2 heterocycles. The number of carboxylic acids is 1. The van der Waals surface area contributed by atoms with E-state index >= 15 is 0 Å². The van der Waals surface area contributed by atoms with Crippen molar-refractivity contribution in [3.63, 3.8) is 0 Å². The summed E-state index contributed by atoms with van der Waals surface area (Å²) in [7, 11) is 0. The molecule has 27 heavy (non-hydrogen) atoms. The maximum atomic E-state index is 13.0. The molecule has 1 aromatic rings. The summed E-state index contributed by atoms with van der Waals surface area (Å²) in [5, 5.41) is 11.6. The molecule has 3 rings (SSSR count). The minimum Gasteiger partial charge on any atom is -0.486 e. The second-order valence-electron chi connectivity index (χ2n) is 6.57. The fraction of sp³-hybridized carbons (Fsp3) is 0.529. The predicted molar refractivity (Wildman–Crippen MR) is 86.6 cm³/mol. The molecule has 1 aromatic carbocycles. The molecule has 3 atom stereocenters. The van der Waals surface area contributed by atoms with Crippen molar-refractivity contribution in [2.45, 2.75) is 19.1 Å². The van der Waals surface area contributed by atoms with Crippen molar-refractivity contribution >= 4 is 12.0 Å². The minimum absolute atomic E-state index is 0.403. The number of halogens is 3. The first-order valence-corrected chi connectivity index (χ1v) is 8.41. The summed E-state index contributed by atoms with van der Waals surface area (Å²) < 4.78 is 50.0. The standard InChI is InChI=1S/C17H19F3N2O5/c1-9(10-2-3-13-14(6-10)27-5-4-26-13)21-16(25)22-7-11(15(23)24)12(8-22)17(18,19)20/h2-3,6,9,11-12H,4-5,7-8H2,1H3,(H,21,25)(H,23,24)/t9?,11-,12-/m1/s1. The Labute approximate surface area is 153 Å². The summed E-state index contributed by atoms with van der Waals surface area (Å²) in [5.41, 5.74) is 0.689. The van der Waals surface area contributed by atoms with Gasteiger partial charge in [-0.05, 0) is 24.6 Å². The highest BCUT2D eigenvalue weighted by atomic mass is 19.4. The second kappa shape index (κ2) is 7.16. The summed E-state index contributed by atoms with van der Waals surface area (Å²) in [6.07, 6.45) is -4.68. The van der Waals surface area contributed by atoms with Crippen LogP contribution in [0.25, 0.3) is 0 Å². The highest BCUT2D eigenvalue weighted by molar-refractivity contribution is 5.78. The molecule has 2 aliphatic heterocycles. The zero-order chi connectivity index (χ0) is 19.8. The number of benzene rings is 1. The van der Waals surface area contributed by atoms with E-state index in [2.05, 4.69) is 5.32 Å². The van der Waals surface area contributed by atoms with Crippen molar-refractivity contribution in [3.8, 4) is 11.5 Å². The first-order chi connectivity index (χ1) is 12.7. The zero-order valence-corrected chi connectivity index (χ0v) is 14.5. The number of carbonyl (C=O) groups is 2. The molecule has 148 valence electrons. The second-order valence-corrected chi connectivity index (χ2v) is 6.57. The van der Waals surface area contributed by atoms with E-state index in [0.29, 0.717) is 30.3 Å². The molecule has 1 saturated heterocycles. The summed E-state index contributed by atoms with van der Waals surface area (Å²) >= 11 is 0. The maximum absolute atomic E-state index is 13.0. The summed E-state index contributed by atoms with van der Waals surface area (Å²) in [4.78, 5) is 24.4. The molecule has 10 heteroatoms. The Kier molecular flexibility index (Phi) is 5.07. The number of nitrogens with zero attached hydrogens (tertiary/aromatic N) is 1. The lowest BCUT2D eigenvalue weighted by Gasteiger charge is -2.23. The summed E-state index contributed by atoms with van der Waals surface area (Å²) in [5.74, 6) is -4.19. The van der Waals surface area contributed by atoms with Crippen LogP contribution in [-0.4, -0.2) is 54.5 Å². The van der Waals surface area contributed by atoms with Gasteiger partial charge in [0, 0.05) is 13.1 Å². The van der Waals surface area contributed by atoms with Crippen LogP contribution < -0.4 is 14.8 Å². The molecule has 0 aliphatic carbocycles. The molecule has 0 spiro atoms. The number of carboxylic acid groups (broad SMARTS) is 1. The topological polar surface area (TPSA) is 88.1 Å². The number of aliphatic carboxylic acids is 1. The van der Waals surface area contributed by atoms with Crippen LogP contribution in [-0.2, 0) is 4.79 Å². The van der Waals surface area contributed by atoms with Crippen LogP contribution in [0.5, 0.6) is 11.5 Å². The average molecular weight is 388 g/mol. The molecular formula is C17H19F3N2O5. The summed E-state index contributed by atoms with van der Waals surface area (Å²) in [6.45, 7) is 1.35. The van der Waals surface area contributed by atoms with Crippen LogP contribution in [0.1, 0.15) is 18.5 Å². The van der Waals surface area contributed by atoms with Crippen molar-refractivity contribution < 1.29 is 37.3 Å². The quantitative estimate of drug-likeness (QED) is 0.830. The van der Waals surface area contributed by atoms with Crippen LogP contribution in [0.15, 0.2) is 18.2 Å². The molecule has 0 aromatic heterocycles. The number of likely N-dealkylation sites (tertiary alicyclic amines) is 1. The first-order valence-electron chi connectivity index (χ1n) is 8.41. The van der Waals surface area contributed by atoms with Crippen LogP contribution in [0.2, 0.25) is 0 Å². The number of alkyl halides is 3. The van der Waals surface area contributed by atoms with Gasteiger partial charge >= 0.3 is 18.2 Å². The molecule has 2 N–H and O–H groups in total.